The van der Waals surface area contributed by atoms with Crippen LogP contribution in [-0.2, 0) is 13.0 Å². The van der Waals surface area contributed by atoms with Gasteiger partial charge in [0.25, 0.3) is 5.91 Å². The van der Waals surface area contributed by atoms with Gasteiger partial charge in [-0.1, -0.05) is 6.92 Å². The zero-order valence-corrected chi connectivity index (χ0v) is 13.0. The molecule has 0 atom stereocenters. The van der Waals surface area contributed by atoms with E-state index in [1.165, 1.54) is 22.3 Å². The Kier molecular flexibility index (Phi) is 4.47. The number of furan rings is 1. The average molecular weight is 307 g/mol. The number of carboxylic acids is 1. The second-order valence-corrected chi connectivity index (χ2v) is 5.94. The minimum absolute atomic E-state index is 0.0920. The number of thiophene rings is 1. The Balaban J connectivity index is 2.10. The summed E-state index contributed by atoms with van der Waals surface area (Å²) in [7, 11) is 1.67. The fraction of sp³-hybridized carbons (Fsp3) is 0.333. The summed E-state index contributed by atoms with van der Waals surface area (Å²) in [6.45, 7) is 3.89. The first-order valence-electron chi connectivity index (χ1n) is 6.59. The molecule has 0 aliphatic heterocycles. The van der Waals surface area contributed by atoms with E-state index in [0.29, 0.717) is 16.4 Å². The highest BCUT2D eigenvalue weighted by Gasteiger charge is 2.18. The van der Waals surface area contributed by atoms with Crippen LogP contribution < -0.4 is 0 Å². The van der Waals surface area contributed by atoms with E-state index in [2.05, 4.69) is 0 Å². The van der Waals surface area contributed by atoms with E-state index in [1.807, 2.05) is 19.1 Å². The third kappa shape index (κ3) is 3.33. The fourth-order valence-corrected chi connectivity index (χ4v) is 2.95. The number of hydrogen-bond acceptors (Lipinski definition) is 4. The van der Waals surface area contributed by atoms with Gasteiger partial charge in [-0.2, -0.15) is 0 Å². The summed E-state index contributed by atoms with van der Waals surface area (Å²) in [5.74, 6) is -0.302. The molecular weight excluding hydrogens is 290 g/mol. The SMILES string of the molecule is CCc1ccc(C(=O)N(C)Cc2cc(C(=O)O)c(C)o2)s1. The second-order valence-electron chi connectivity index (χ2n) is 4.77. The molecule has 1 amide bonds. The van der Waals surface area contributed by atoms with E-state index in [9.17, 15) is 9.59 Å². The van der Waals surface area contributed by atoms with Gasteiger partial charge >= 0.3 is 5.97 Å². The van der Waals surface area contributed by atoms with E-state index >= 15 is 0 Å². The molecule has 0 aliphatic rings. The van der Waals surface area contributed by atoms with Crippen molar-refractivity contribution in [2.75, 3.05) is 7.05 Å². The Morgan fingerprint density at radius 2 is 2.10 bits per heavy atom. The topological polar surface area (TPSA) is 70.8 Å². The lowest BCUT2D eigenvalue weighted by Gasteiger charge is -2.14. The van der Waals surface area contributed by atoms with Crippen LogP contribution in [0.5, 0.6) is 0 Å². The van der Waals surface area contributed by atoms with Crippen LogP contribution in [0.2, 0.25) is 0 Å². The molecular formula is C15H17NO4S. The molecule has 21 heavy (non-hydrogen) atoms. The normalized spacial score (nSPS) is 10.6. The number of hydrogen-bond donors (Lipinski definition) is 1. The van der Waals surface area contributed by atoms with Gasteiger partial charge in [-0.3, -0.25) is 4.79 Å². The zero-order valence-electron chi connectivity index (χ0n) is 12.2. The highest BCUT2D eigenvalue weighted by molar-refractivity contribution is 7.14. The monoisotopic (exact) mass is 307 g/mol. The van der Waals surface area contributed by atoms with Gasteiger partial charge in [0.05, 0.1) is 11.4 Å². The first kappa shape index (κ1) is 15.3. The number of carboxylic acid groups (broad SMARTS) is 1. The van der Waals surface area contributed by atoms with Crippen molar-refractivity contribution >= 4 is 23.2 Å². The van der Waals surface area contributed by atoms with Crippen LogP contribution in [0.25, 0.3) is 0 Å². The Morgan fingerprint density at radius 3 is 2.62 bits per heavy atom. The Bertz CT molecular complexity index is 671. The molecule has 0 radical (unpaired) electrons. The molecule has 6 heteroatoms. The number of rotatable bonds is 5. The first-order chi connectivity index (χ1) is 9.92. The molecule has 112 valence electrons. The van der Waals surface area contributed by atoms with Gasteiger partial charge in [-0.25, -0.2) is 4.79 Å². The van der Waals surface area contributed by atoms with Gasteiger partial charge in [0.1, 0.15) is 17.1 Å². The lowest BCUT2D eigenvalue weighted by atomic mass is 10.2. The number of carbonyl (C=O) groups excluding carboxylic acids is 1. The smallest absolute Gasteiger partial charge is 0.339 e. The van der Waals surface area contributed by atoms with E-state index in [4.69, 9.17) is 9.52 Å². The van der Waals surface area contributed by atoms with Gasteiger partial charge in [0, 0.05) is 11.9 Å². The zero-order chi connectivity index (χ0) is 15.6. The molecule has 2 heterocycles. The number of carbonyl (C=O) groups is 2. The van der Waals surface area contributed by atoms with E-state index in [0.717, 1.165) is 11.3 Å². The average Bonchev–Trinajstić information content (AvgIpc) is 3.04. The predicted octanol–water partition coefficient (Wildman–Crippen LogP) is 3.18. The summed E-state index contributed by atoms with van der Waals surface area (Å²) in [6.07, 6.45) is 0.904. The highest BCUT2D eigenvalue weighted by Crippen LogP contribution is 2.20. The van der Waals surface area contributed by atoms with Crippen LogP contribution in [0.3, 0.4) is 0 Å². The number of nitrogens with zero attached hydrogens (tertiary/aromatic N) is 1. The third-order valence-electron chi connectivity index (χ3n) is 3.16. The van der Waals surface area contributed by atoms with Crippen LogP contribution in [0.15, 0.2) is 22.6 Å². The Hall–Kier alpha value is -2.08. The van der Waals surface area contributed by atoms with Crippen molar-refractivity contribution in [2.24, 2.45) is 0 Å². The van der Waals surface area contributed by atoms with E-state index < -0.39 is 5.97 Å². The van der Waals surface area contributed by atoms with Crippen molar-refractivity contribution in [3.05, 3.63) is 45.0 Å². The quantitative estimate of drug-likeness (QED) is 0.921. The molecule has 2 aromatic heterocycles. The summed E-state index contributed by atoms with van der Waals surface area (Å²) in [5.41, 5.74) is 0.134. The third-order valence-corrected chi connectivity index (χ3v) is 4.38. The van der Waals surface area contributed by atoms with Crippen molar-refractivity contribution in [3.8, 4) is 0 Å². The van der Waals surface area contributed by atoms with Crippen LogP contribution in [0.4, 0.5) is 0 Å². The lowest BCUT2D eigenvalue weighted by Crippen LogP contribution is -2.25. The van der Waals surface area contributed by atoms with Crippen LogP contribution >= 0.6 is 11.3 Å². The predicted molar refractivity (Wildman–Crippen MR) is 79.9 cm³/mol. The molecule has 5 nitrogen and oxygen atoms in total. The summed E-state index contributed by atoms with van der Waals surface area (Å²) >= 11 is 1.48. The van der Waals surface area contributed by atoms with Gasteiger partial charge in [-0.05, 0) is 31.5 Å². The maximum atomic E-state index is 12.3. The molecule has 0 aliphatic carbocycles. The van der Waals surface area contributed by atoms with Crippen molar-refractivity contribution in [3.63, 3.8) is 0 Å². The number of amides is 1. The molecule has 0 fully saturated rings. The largest absolute Gasteiger partial charge is 0.478 e. The van der Waals surface area contributed by atoms with Crippen LogP contribution in [-0.4, -0.2) is 28.9 Å². The molecule has 0 bridgehead atoms. The molecule has 0 aromatic carbocycles. The van der Waals surface area contributed by atoms with Gasteiger partial charge in [0.2, 0.25) is 0 Å². The first-order valence-corrected chi connectivity index (χ1v) is 7.40. The maximum Gasteiger partial charge on any atom is 0.339 e. The van der Waals surface area contributed by atoms with Crippen molar-refractivity contribution in [1.82, 2.24) is 4.90 Å². The van der Waals surface area contributed by atoms with E-state index in [1.54, 1.807) is 14.0 Å². The molecule has 0 unspecified atom stereocenters. The Morgan fingerprint density at radius 1 is 1.38 bits per heavy atom. The molecule has 2 rings (SSSR count). The standard InChI is InChI=1S/C15H17NO4S/c1-4-11-5-6-13(21-11)14(17)16(3)8-10-7-12(15(18)19)9(2)20-10/h5-7H,4,8H2,1-3H3,(H,18,19). The van der Waals surface area contributed by atoms with Gasteiger partial charge < -0.3 is 14.4 Å². The minimum atomic E-state index is -1.03. The summed E-state index contributed by atoms with van der Waals surface area (Å²) in [6, 6.07) is 5.23. The van der Waals surface area contributed by atoms with Gasteiger partial charge in [0.15, 0.2) is 0 Å². The molecule has 0 spiro atoms. The number of aromatic carboxylic acids is 1. The van der Waals surface area contributed by atoms with Crippen LogP contribution in [0, 0.1) is 6.92 Å². The summed E-state index contributed by atoms with van der Waals surface area (Å²) < 4.78 is 5.39. The van der Waals surface area contributed by atoms with E-state index in [-0.39, 0.29) is 18.0 Å². The minimum Gasteiger partial charge on any atom is -0.478 e. The molecule has 0 saturated heterocycles. The lowest BCUT2D eigenvalue weighted by molar-refractivity contribution is 0.0694. The summed E-state index contributed by atoms with van der Waals surface area (Å²) in [5, 5.41) is 8.99. The molecule has 1 N–H and O–H groups in total. The van der Waals surface area contributed by atoms with Crippen molar-refractivity contribution in [2.45, 2.75) is 26.8 Å². The van der Waals surface area contributed by atoms with Gasteiger partial charge in [-0.15, -0.1) is 11.3 Å². The molecule has 0 saturated carbocycles. The molecule has 2 aromatic rings. The van der Waals surface area contributed by atoms with Crippen molar-refractivity contribution in [1.29, 1.82) is 0 Å². The Labute approximate surface area is 126 Å². The van der Waals surface area contributed by atoms with Crippen molar-refractivity contribution < 1.29 is 19.1 Å². The second kappa shape index (κ2) is 6.13. The number of aryl methyl sites for hydroxylation is 2. The summed E-state index contributed by atoms with van der Waals surface area (Å²) in [4.78, 5) is 26.6. The van der Waals surface area contributed by atoms with Crippen LogP contribution in [0.1, 0.15) is 43.4 Å². The fourth-order valence-electron chi connectivity index (χ4n) is 2.01. The highest BCUT2D eigenvalue weighted by atomic mass is 32.1. The maximum absolute atomic E-state index is 12.3.